The predicted octanol–water partition coefficient (Wildman–Crippen LogP) is 6.31. The highest BCUT2D eigenvalue weighted by molar-refractivity contribution is 9.10. The summed E-state index contributed by atoms with van der Waals surface area (Å²) >= 11 is 4.74. The summed E-state index contributed by atoms with van der Waals surface area (Å²) in [6, 6.07) is 21.7. The summed E-state index contributed by atoms with van der Waals surface area (Å²) in [5.74, 6) is 0.00435. The maximum Gasteiger partial charge on any atom is 0.338 e. The molecule has 0 radical (unpaired) electrons. The van der Waals surface area contributed by atoms with Crippen LogP contribution >= 0.6 is 27.7 Å². The molecular formula is C28H22BrN3O4S. The summed E-state index contributed by atoms with van der Waals surface area (Å²) < 4.78 is 11.9. The van der Waals surface area contributed by atoms with Crippen molar-refractivity contribution in [1.29, 1.82) is 5.26 Å². The van der Waals surface area contributed by atoms with Crippen molar-refractivity contribution in [2.24, 2.45) is 4.99 Å². The molecule has 1 aliphatic rings. The Hall–Kier alpha value is -3.87. The summed E-state index contributed by atoms with van der Waals surface area (Å²) in [6.45, 7) is 2.28. The van der Waals surface area contributed by atoms with Crippen LogP contribution in [0.15, 0.2) is 81.1 Å². The Labute approximate surface area is 227 Å². The number of hydrogen-bond donors (Lipinski definition) is 0. The van der Waals surface area contributed by atoms with Crippen LogP contribution in [-0.4, -0.2) is 35.6 Å². The Balaban J connectivity index is 1.56. The number of hydrogen-bond acceptors (Lipinski definition) is 7. The summed E-state index contributed by atoms with van der Waals surface area (Å²) in [6.07, 6.45) is 1.77. The van der Waals surface area contributed by atoms with Crippen LogP contribution in [0.5, 0.6) is 5.75 Å². The largest absolute Gasteiger partial charge is 0.488 e. The third-order valence-electron chi connectivity index (χ3n) is 5.39. The second-order valence-electron chi connectivity index (χ2n) is 7.88. The second kappa shape index (κ2) is 11.9. The molecule has 0 aliphatic carbocycles. The van der Waals surface area contributed by atoms with Crippen molar-refractivity contribution in [1.82, 2.24) is 4.90 Å². The number of likely N-dealkylation sites (N-methyl/N-ethyl adjacent to an activating group) is 1. The third-order valence-corrected chi connectivity index (χ3v) is 6.94. The van der Waals surface area contributed by atoms with Gasteiger partial charge in [0, 0.05) is 22.6 Å². The first-order chi connectivity index (χ1) is 17.9. The van der Waals surface area contributed by atoms with Crippen LogP contribution in [0.2, 0.25) is 0 Å². The number of carbonyl (C=O) groups excluding carboxylic acids is 2. The lowest BCUT2D eigenvalue weighted by Crippen LogP contribution is -2.23. The van der Waals surface area contributed by atoms with E-state index in [0.717, 1.165) is 10.0 Å². The zero-order valence-electron chi connectivity index (χ0n) is 20.1. The van der Waals surface area contributed by atoms with Crippen molar-refractivity contribution in [3.8, 4) is 11.8 Å². The molecule has 3 aromatic rings. The highest BCUT2D eigenvalue weighted by Crippen LogP contribution is 2.35. The molecule has 37 heavy (non-hydrogen) atoms. The molecule has 0 bridgehead atoms. The molecule has 0 saturated carbocycles. The molecule has 0 unspecified atom stereocenters. The monoisotopic (exact) mass is 575 g/mol. The Morgan fingerprint density at radius 3 is 2.65 bits per heavy atom. The molecule has 0 atom stereocenters. The topological polar surface area (TPSA) is 92.0 Å². The Kier molecular flexibility index (Phi) is 8.43. The average molecular weight is 576 g/mol. The first-order valence-electron chi connectivity index (χ1n) is 11.3. The fraction of sp³-hybridized carbons (Fsp3) is 0.143. The summed E-state index contributed by atoms with van der Waals surface area (Å²) in [5, 5.41) is 9.86. The Morgan fingerprint density at radius 1 is 1.16 bits per heavy atom. The van der Waals surface area contributed by atoms with Crippen LogP contribution < -0.4 is 4.74 Å². The van der Waals surface area contributed by atoms with E-state index in [0.29, 0.717) is 44.8 Å². The van der Waals surface area contributed by atoms with E-state index in [1.165, 1.54) is 16.7 Å². The fourth-order valence-corrected chi connectivity index (χ4v) is 4.82. The number of halogens is 1. The van der Waals surface area contributed by atoms with Crippen LogP contribution in [0, 0.1) is 11.3 Å². The van der Waals surface area contributed by atoms with Gasteiger partial charge in [-0.05, 0) is 73.3 Å². The van der Waals surface area contributed by atoms with Gasteiger partial charge in [0.05, 0.1) is 34.4 Å². The molecule has 1 heterocycles. The van der Waals surface area contributed by atoms with E-state index < -0.39 is 5.97 Å². The number of thioether (sulfide) groups is 1. The predicted molar refractivity (Wildman–Crippen MR) is 147 cm³/mol. The van der Waals surface area contributed by atoms with Gasteiger partial charge in [0.1, 0.15) is 12.4 Å². The van der Waals surface area contributed by atoms with Gasteiger partial charge in [-0.3, -0.25) is 9.69 Å². The molecule has 9 heteroatoms. The zero-order chi connectivity index (χ0) is 26.4. The maximum absolute atomic E-state index is 13.0. The number of benzene rings is 3. The highest BCUT2D eigenvalue weighted by Gasteiger charge is 2.30. The molecule has 4 rings (SSSR count). The maximum atomic E-state index is 13.0. The lowest BCUT2D eigenvalue weighted by molar-refractivity contribution is -0.121. The van der Waals surface area contributed by atoms with Crippen molar-refractivity contribution in [2.75, 3.05) is 13.7 Å². The van der Waals surface area contributed by atoms with E-state index in [4.69, 9.17) is 9.47 Å². The van der Waals surface area contributed by atoms with Gasteiger partial charge < -0.3 is 9.47 Å². The van der Waals surface area contributed by atoms with E-state index in [1.54, 1.807) is 50.4 Å². The number of rotatable bonds is 7. The van der Waals surface area contributed by atoms with Gasteiger partial charge in [-0.15, -0.1) is 0 Å². The third kappa shape index (κ3) is 6.28. The van der Waals surface area contributed by atoms with Crippen molar-refractivity contribution in [3.63, 3.8) is 0 Å². The van der Waals surface area contributed by atoms with Crippen LogP contribution in [0.1, 0.15) is 34.0 Å². The zero-order valence-corrected chi connectivity index (χ0v) is 22.5. The minimum absolute atomic E-state index is 0.187. The number of aliphatic imine (C=N–C) groups is 1. The minimum atomic E-state index is -0.391. The van der Waals surface area contributed by atoms with Gasteiger partial charge >= 0.3 is 5.97 Å². The van der Waals surface area contributed by atoms with Crippen molar-refractivity contribution in [2.45, 2.75) is 13.5 Å². The summed E-state index contributed by atoms with van der Waals surface area (Å²) in [4.78, 5) is 31.4. The SMILES string of the molecule is CCOC(=O)c1ccc(N=C2SC(=Cc3cc(Br)ccc3OCc3ccccc3C#N)C(=O)N2C)cc1. The summed E-state index contributed by atoms with van der Waals surface area (Å²) in [5.41, 5.74) is 3.10. The molecular weight excluding hydrogens is 554 g/mol. The van der Waals surface area contributed by atoms with Gasteiger partial charge in [-0.2, -0.15) is 5.26 Å². The van der Waals surface area contributed by atoms with Gasteiger partial charge in [-0.1, -0.05) is 34.1 Å². The standard InChI is InChI=1S/C28H22BrN3O4S/c1-3-35-27(34)18-8-11-23(12-9-18)31-28-32(2)26(33)25(37-28)15-21-14-22(29)10-13-24(21)36-17-20-7-5-4-6-19(20)16-30/h4-15H,3,17H2,1-2H3. The van der Waals surface area contributed by atoms with Crippen LogP contribution in [0.4, 0.5) is 5.69 Å². The van der Waals surface area contributed by atoms with Crippen LogP contribution in [0.25, 0.3) is 6.08 Å². The average Bonchev–Trinajstić information content (AvgIpc) is 3.16. The van der Waals surface area contributed by atoms with Crippen molar-refractivity contribution >= 4 is 56.5 Å². The molecule has 3 aromatic carbocycles. The smallest absolute Gasteiger partial charge is 0.338 e. The van der Waals surface area contributed by atoms with E-state index in [2.05, 4.69) is 27.0 Å². The van der Waals surface area contributed by atoms with Crippen LogP contribution in [0.3, 0.4) is 0 Å². The first-order valence-corrected chi connectivity index (χ1v) is 12.9. The lowest BCUT2D eigenvalue weighted by atomic mass is 10.1. The Morgan fingerprint density at radius 2 is 1.92 bits per heavy atom. The second-order valence-corrected chi connectivity index (χ2v) is 9.80. The number of nitriles is 1. The normalized spacial score (nSPS) is 15.2. The number of nitrogens with zero attached hydrogens (tertiary/aromatic N) is 3. The fourth-order valence-electron chi connectivity index (χ4n) is 3.46. The number of esters is 1. The lowest BCUT2D eigenvalue weighted by Gasteiger charge is -2.11. The van der Waals surface area contributed by atoms with E-state index in [-0.39, 0.29) is 12.5 Å². The molecule has 0 aromatic heterocycles. The van der Waals surface area contributed by atoms with Gasteiger partial charge in [0.15, 0.2) is 5.17 Å². The summed E-state index contributed by atoms with van der Waals surface area (Å²) in [7, 11) is 1.67. The van der Waals surface area contributed by atoms with Gasteiger partial charge in [0.25, 0.3) is 5.91 Å². The number of amidine groups is 1. The molecule has 186 valence electrons. The number of ether oxygens (including phenoxy) is 2. The van der Waals surface area contributed by atoms with Crippen LogP contribution in [-0.2, 0) is 16.1 Å². The van der Waals surface area contributed by atoms with Crippen molar-refractivity contribution < 1.29 is 19.1 Å². The quantitative estimate of drug-likeness (QED) is 0.242. The van der Waals surface area contributed by atoms with E-state index >= 15 is 0 Å². The van der Waals surface area contributed by atoms with E-state index in [9.17, 15) is 14.9 Å². The molecule has 0 N–H and O–H groups in total. The molecule has 1 aliphatic heterocycles. The minimum Gasteiger partial charge on any atom is -0.488 e. The Bertz CT molecular complexity index is 1440. The highest BCUT2D eigenvalue weighted by atomic mass is 79.9. The first kappa shape index (κ1) is 26.2. The van der Waals surface area contributed by atoms with Gasteiger partial charge in [0.2, 0.25) is 0 Å². The van der Waals surface area contributed by atoms with Crippen molar-refractivity contribution in [3.05, 3.63) is 98.4 Å². The van der Waals surface area contributed by atoms with Gasteiger partial charge in [-0.25, -0.2) is 9.79 Å². The molecule has 0 spiro atoms. The number of amides is 1. The number of carbonyl (C=O) groups is 2. The molecule has 1 fully saturated rings. The molecule has 7 nitrogen and oxygen atoms in total. The molecule has 1 amide bonds. The molecule has 1 saturated heterocycles. The van der Waals surface area contributed by atoms with E-state index in [1.807, 2.05) is 36.4 Å².